The molecule has 8 heteroatoms. The zero-order chi connectivity index (χ0) is 22.7. The summed E-state index contributed by atoms with van der Waals surface area (Å²) in [5.41, 5.74) is 2.99. The third kappa shape index (κ3) is 4.31. The van der Waals surface area contributed by atoms with E-state index in [0.29, 0.717) is 34.3 Å². The zero-order valence-electron chi connectivity index (χ0n) is 17.4. The Kier molecular flexibility index (Phi) is 6.41. The van der Waals surface area contributed by atoms with Crippen LogP contribution >= 0.6 is 15.9 Å². The number of non-ortho nitro benzene ring substituents is 1. The summed E-state index contributed by atoms with van der Waals surface area (Å²) in [4.78, 5) is 25.9. The summed E-state index contributed by atoms with van der Waals surface area (Å²) in [6, 6.07) is 19.6. The maximum atomic E-state index is 13.4. The molecular weight excluding hydrogens is 476 g/mol. The Morgan fingerprint density at radius 3 is 2.59 bits per heavy atom. The fourth-order valence-corrected chi connectivity index (χ4v) is 4.71. The number of benzene rings is 3. The van der Waals surface area contributed by atoms with E-state index in [9.17, 15) is 14.9 Å². The number of halogens is 1. The lowest BCUT2D eigenvalue weighted by Gasteiger charge is -2.37. The van der Waals surface area contributed by atoms with Gasteiger partial charge in [0.05, 0.1) is 23.8 Å². The second kappa shape index (κ2) is 9.40. The number of carbonyl (C=O) groups is 1. The molecule has 1 unspecified atom stereocenters. The van der Waals surface area contributed by atoms with Crippen LogP contribution in [0.4, 0.5) is 16.2 Å². The number of hydrogen-bond acceptors (Lipinski definition) is 5. The highest BCUT2D eigenvalue weighted by atomic mass is 79.9. The van der Waals surface area contributed by atoms with E-state index in [1.54, 1.807) is 12.0 Å². The van der Waals surface area contributed by atoms with E-state index in [-0.39, 0.29) is 18.3 Å². The van der Waals surface area contributed by atoms with Gasteiger partial charge < -0.3 is 9.47 Å². The van der Waals surface area contributed by atoms with Gasteiger partial charge in [-0.1, -0.05) is 48.5 Å². The van der Waals surface area contributed by atoms with E-state index in [2.05, 4.69) is 15.9 Å². The fraction of sp³-hybridized carbons (Fsp3) is 0.208. The predicted octanol–water partition coefficient (Wildman–Crippen LogP) is 6.20. The summed E-state index contributed by atoms with van der Waals surface area (Å²) in [5, 5.41) is 11.3. The highest BCUT2D eigenvalue weighted by molar-refractivity contribution is 9.10. The molecule has 0 N–H and O–H groups in total. The molecule has 1 aliphatic heterocycles. The summed E-state index contributed by atoms with van der Waals surface area (Å²) in [7, 11) is 1.59. The molecule has 1 heterocycles. The predicted molar refractivity (Wildman–Crippen MR) is 124 cm³/mol. The number of nitro benzene ring substituents is 1. The van der Waals surface area contributed by atoms with Crippen LogP contribution in [0.25, 0.3) is 0 Å². The highest BCUT2D eigenvalue weighted by Gasteiger charge is 2.37. The number of para-hydroxylation sites is 1. The first-order valence-electron chi connectivity index (χ1n) is 10.1. The van der Waals surface area contributed by atoms with Gasteiger partial charge in [-0.25, -0.2) is 4.79 Å². The molecule has 32 heavy (non-hydrogen) atoms. The summed E-state index contributed by atoms with van der Waals surface area (Å²) in [5.74, 6) is 0.667. The van der Waals surface area contributed by atoms with E-state index in [4.69, 9.17) is 9.47 Å². The molecule has 0 aliphatic carbocycles. The minimum Gasteiger partial charge on any atom is -0.496 e. The van der Waals surface area contributed by atoms with Crippen LogP contribution in [-0.2, 0) is 17.8 Å². The number of hydrogen-bond donors (Lipinski definition) is 0. The van der Waals surface area contributed by atoms with Crippen molar-refractivity contribution < 1.29 is 19.2 Å². The summed E-state index contributed by atoms with van der Waals surface area (Å²) in [6.45, 7) is 0.120. The van der Waals surface area contributed by atoms with Gasteiger partial charge in [-0.2, -0.15) is 0 Å². The number of ether oxygens (including phenoxy) is 2. The number of methoxy groups -OCH3 is 1. The van der Waals surface area contributed by atoms with Crippen molar-refractivity contribution in [3.63, 3.8) is 0 Å². The third-order valence-corrected chi connectivity index (χ3v) is 6.08. The largest absolute Gasteiger partial charge is 0.496 e. The number of nitro groups is 1. The Morgan fingerprint density at radius 1 is 1.16 bits per heavy atom. The molecule has 0 bridgehead atoms. The van der Waals surface area contributed by atoms with Gasteiger partial charge in [-0.05, 0) is 46.0 Å². The first-order valence-corrected chi connectivity index (χ1v) is 10.9. The van der Waals surface area contributed by atoms with E-state index in [0.717, 1.165) is 11.1 Å². The second-order valence-corrected chi connectivity index (χ2v) is 8.25. The average Bonchev–Trinajstić information content (AvgIpc) is 2.82. The van der Waals surface area contributed by atoms with Gasteiger partial charge >= 0.3 is 6.09 Å². The SMILES string of the molecule is COc1ccccc1C1CCc2cc([N+](=O)[O-])cc(Br)c2N1C(=O)OCc1ccccc1. The zero-order valence-corrected chi connectivity index (χ0v) is 18.9. The van der Waals surface area contributed by atoms with Crippen molar-refractivity contribution in [3.8, 4) is 5.75 Å². The molecule has 0 spiro atoms. The number of carbonyl (C=O) groups excluding carboxylic acids is 1. The maximum absolute atomic E-state index is 13.4. The van der Waals surface area contributed by atoms with Crippen LogP contribution in [0.1, 0.15) is 29.2 Å². The van der Waals surface area contributed by atoms with Gasteiger partial charge in [0.2, 0.25) is 0 Å². The lowest BCUT2D eigenvalue weighted by molar-refractivity contribution is -0.385. The van der Waals surface area contributed by atoms with Crippen LogP contribution in [0.15, 0.2) is 71.2 Å². The van der Waals surface area contributed by atoms with Crippen LogP contribution < -0.4 is 9.64 Å². The molecule has 3 aromatic carbocycles. The normalized spacial score (nSPS) is 15.1. The molecule has 0 saturated carbocycles. The van der Waals surface area contributed by atoms with Crippen LogP contribution in [-0.4, -0.2) is 18.1 Å². The molecule has 0 fully saturated rings. The van der Waals surface area contributed by atoms with Gasteiger partial charge in [0, 0.05) is 22.2 Å². The molecule has 0 saturated heterocycles. The summed E-state index contributed by atoms with van der Waals surface area (Å²) >= 11 is 3.46. The smallest absolute Gasteiger partial charge is 0.415 e. The quantitative estimate of drug-likeness (QED) is 0.310. The number of nitrogens with zero attached hydrogens (tertiary/aromatic N) is 2. The molecule has 0 radical (unpaired) electrons. The lowest BCUT2D eigenvalue weighted by Crippen LogP contribution is -2.39. The molecule has 0 aromatic heterocycles. The lowest BCUT2D eigenvalue weighted by atomic mass is 9.90. The third-order valence-electron chi connectivity index (χ3n) is 5.48. The van der Waals surface area contributed by atoms with E-state index >= 15 is 0 Å². The van der Waals surface area contributed by atoms with E-state index in [1.165, 1.54) is 12.1 Å². The van der Waals surface area contributed by atoms with Gasteiger partial charge in [0.1, 0.15) is 12.4 Å². The van der Waals surface area contributed by atoms with E-state index < -0.39 is 11.0 Å². The number of aryl methyl sites for hydroxylation is 1. The van der Waals surface area contributed by atoms with Crippen molar-refractivity contribution in [3.05, 3.63) is 98.0 Å². The van der Waals surface area contributed by atoms with E-state index in [1.807, 2.05) is 54.6 Å². The van der Waals surface area contributed by atoms with Gasteiger partial charge in [0.25, 0.3) is 5.69 Å². The first-order chi connectivity index (χ1) is 15.5. The highest BCUT2D eigenvalue weighted by Crippen LogP contribution is 2.46. The minimum atomic E-state index is -0.528. The fourth-order valence-electron chi connectivity index (χ4n) is 4.03. The Hall–Kier alpha value is -3.39. The molecular formula is C24H21BrN2O5. The van der Waals surface area contributed by atoms with Crippen LogP contribution in [0.5, 0.6) is 5.75 Å². The minimum absolute atomic E-state index is 0.0241. The van der Waals surface area contributed by atoms with Crippen LogP contribution in [0.3, 0.4) is 0 Å². The van der Waals surface area contributed by atoms with Crippen LogP contribution in [0.2, 0.25) is 0 Å². The Bertz CT molecular complexity index is 1150. The average molecular weight is 497 g/mol. The summed E-state index contributed by atoms with van der Waals surface area (Å²) in [6.07, 6.45) is 0.614. The Morgan fingerprint density at radius 2 is 1.88 bits per heavy atom. The van der Waals surface area contributed by atoms with Crippen molar-refractivity contribution >= 4 is 33.4 Å². The number of rotatable bonds is 5. The molecule has 7 nitrogen and oxygen atoms in total. The molecule has 3 aromatic rings. The summed E-state index contributed by atoms with van der Waals surface area (Å²) < 4.78 is 11.7. The molecule has 1 atom stereocenters. The van der Waals surface area contributed by atoms with Crippen molar-refractivity contribution in [1.82, 2.24) is 0 Å². The molecule has 1 amide bonds. The Balaban J connectivity index is 1.76. The maximum Gasteiger partial charge on any atom is 0.415 e. The van der Waals surface area contributed by atoms with Crippen molar-refractivity contribution in [2.75, 3.05) is 12.0 Å². The first kappa shape index (κ1) is 21.8. The van der Waals surface area contributed by atoms with Crippen LogP contribution in [0, 0.1) is 10.1 Å². The topological polar surface area (TPSA) is 81.9 Å². The number of fused-ring (bicyclic) bond motifs is 1. The van der Waals surface area contributed by atoms with Gasteiger partial charge in [-0.15, -0.1) is 0 Å². The molecule has 1 aliphatic rings. The van der Waals surface area contributed by atoms with Crippen molar-refractivity contribution in [2.45, 2.75) is 25.5 Å². The number of anilines is 1. The standard InChI is InChI=1S/C24H21BrN2O5/c1-31-22-10-6-5-9-19(22)21-12-11-17-13-18(27(29)30)14-20(25)23(17)26(21)24(28)32-15-16-7-3-2-4-8-16/h2-10,13-14,21H,11-12,15H2,1H3. The Labute approximate surface area is 193 Å². The van der Waals surface area contributed by atoms with Gasteiger partial charge in [-0.3, -0.25) is 15.0 Å². The van der Waals surface area contributed by atoms with Gasteiger partial charge in [0.15, 0.2) is 0 Å². The van der Waals surface area contributed by atoms with Crippen molar-refractivity contribution in [2.24, 2.45) is 0 Å². The molecule has 4 rings (SSSR count). The molecule has 164 valence electrons. The van der Waals surface area contributed by atoms with Crippen molar-refractivity contribution in [1.29, 1.82) is 0 Å². The second-order valence-electron chi connectivity index (χ2n) is 7.40. The monoisotopic (exact) mass is 496 g/mol. The number of amides is 1.